The Morgan fingerprint density at radius 3 is 2.74 bits per heavy atom. The second-order valence-corrected chi connectivity index (χ2v) is 6.27. The van der Waals surface area contributed by atoms with Crippen LogP contribution in [0.4, 0.5) is 16.4 Å². The van der Waals surface area contributed by atoms with Crippen LogP contribution in [0.25, 0.3) is 0 Å². The number of hydrogen-bond donors (Lipinski definition) is 2. The molecule has 0 saturated carbocycles. The Labute approximate surface area is 111 Å². The van der Waals surface area contributed by atoms with Gasteiger partial charge >= 0.3 is 5.69 Å². The maximum atomic E-state index is 12.0. The van der Waals surface area contributed by atoms with Gasteiger partial charge in [0.25, 0.3) is 10.0 Å². The van der Waals surface area contributed by atoms with E-state index in [1.165, 1.54) is 13.2 Å². The van der Waals surface area contributed by atoms with Gasteiger partial charge < -0.3 is 9.84 Å². The molecule has 0 amide bonds. The summed E-state index contributed by atoms with van der Waals surface area (Å²) in [5.41, 5.74) is -0.153. The van der Waals surface area contributed by atoms with Crippen LogP contribution in [0.15, 0.2) is 27.3 Å². The van der Waals surface area contributed by atoms with Gasteiger partial charge in [0.2, 0.25) is 0 Å². The summed E-state index contributed by atoms with van der Waals surface area (Å²) in [5, 5.41) is 16.9. The molecule has 2 heterocycles. The molecule has 0 aliphatic carbocycles. The smallest absolute Gasteiger partial charge is 0.304 e. The van der Waals surface area contributed by atoms with Crippen LogP contribution in [0.5, 0.6) is 0 Å². The maximum Gasteiger partial charge on any atom is 0.304 e. The maximum absolute atomic E-state index is 12.0. The molecule has 0 unspecified atom stereocenters. The number of nitrogens with zero attached hydrogens (tertiary/aromatic N) is 2. The van der Waals surface area contributed by atoms with E-state index in [4.69, 9.17) is 0 Å². The predicted molar refractivity (Wildman–Crippen MR) is 67.8 cm³/mol. The van der Waals surface area contributed by atoms with Gasteiger partial charge in [-0.2, -0.15) is 0 Å². The summed E-state index contributed by atoms with van der Waals surface area (Å²) in [7, 11) is -2.43. The van der Waals surface area contributed by atoms with Crippen LogP contribution in [0.1, 0.15) is 0 Å². The van der Waals surface area contributed by atoms with Crippen molar-refractivity contribution in [3.63, 3.8) is 0 Å². The van der Waals surface area contributed by atoms with Crippen LogP contribution in [-0.4, -0.2) is 25.5 Å². The Kier molecular flexibility index (Phi) is 3.40. The van der Waals surface area contributed by atoms with E-state index in [0.717, 1.165) is 23.7 Å². The van der Waals surface area contributed by atoms with E-state index in [9.17, 15) is 18.5 Å². The largest absolute Gasteiger partial charge is 0.374 e. The summed E-state index contributed by atoms with van der Waals surface area (Å²) < 4.78 is 30.5. The zero-order chi connectivity index (χ0) is 14.0. The highest BCUT2D eigenvalue weighted by Gasteiger charge is 2.26. The molecule has 0 saturated heterocycles. The van der Waals surface area contributed by atoms with E-state index in [1.54, 1.807) is 0 Å². The fourth-order valence-electron chi connectivity index (χ4n) is 1.27. The summed E-state index contributed by atoms with van der Waals surface area (Å²) >= 11 is 0.762. The third-order valence-electron chi connectivity index (χ3n) is 2.06. The molecule has 0 radical (unpaired) electrons. The van der Waals surface area contributed by atoms with Crippen molar-refractivity contribution in [2.24, 2.45) is 0 Å². The third kappa shape index (κ3) is 2.66. The summed E-state index contributed by atoms with van der Waals surface area (Å²) in [6, 6.07) is 0.992. The molecule has 0 spiro atoms. The van der Waals surface area contributed by atoms with Gasteiger partial charge in [-0.25, -0.2) is 8.42 Å². The molecule has 2 aromatic rings. The molecule has 19 heavy (non-hydrogen) atoms. The highest BCUT2D eigenvalue weighted by Crippen LogP contribution is 2.37. The molecule has 0 aromatic carbocycles. The number of aromatic nitrogens is 1. The molecule has 11 heteroatoms. The van der Waals surface area contributed by atoms with Crippen molar-refractivity contribution in [1.29, 1.82) is 0 Å². The van der Waals surface area contributed by atoms with E-state index in [2.05, 4.69) is 19.7 Å². The lowest BCUT2D eigenvalue weighted by molar-refractivity contribution is -0.383. The zero-order valence-electron chi connectivity index (χ0n) is 9.48. The van der Waals surface area contributed by atoms with Crippen molar-refractivity contribution in [1.82, 2.24) is 5.16 Å². The number of nitro groups is 1. The van der Waals surface area contributed by atoms with Gasteiger partial charge in [-0.05, 0) is 0 Å². The van der Waals surface area contributed by atoms with Gasteiger partial charge in [-0.1, -0.05) is 16.5 Å². The van der Waals surface area contributed by atoms with E-state index in [-0.39, 0.29) is 20.6 Å². The second kappa shape index (κ2) is 4.85. The minimum Gasteiger partial charge on any atom is -0.374 e. The van der Waals surface area contributed by atoms with Gasteiger partial charge in [-0.3, -0.25) is 14.8 Å². The third-order valence-corrected chi connectivity index (χ3v) is 5.06. The van der Waals surface area contributed by atoms with Crippen molar-refractivity contribution in [3.8, 4) is 0 Å². The van der Waals surface area contributed by atoms with Crippen molar-refractivity contribution in [2.75, 3.05) is 17.1 Å². The Hall–Kier alpha value is -2.14. The lowest BCUT2D eigenvalue weighted by Crippen LogP contribution is -2.10. The summed E-state index contributed by atoms with van der Waals surface area (Å²) in [6.07, 6.45) is 2.29. The van der Waals surface area contributed by atoms with Crippen molar-refractivity contribution >= 4 is 37.7 Å². The Bertz CT molecular complexity index is 691. The average Bonchev–Trinajstić information content (AvgIpc) is 2.95. The minimum absolute atomic E-state index is 0.141. The standard InChI is InChI=1S/C8H8N4O5S2/c1-9-8-6(12(13)14)2-7(18-8)19(15,16)11-5-3-10-17-4-5/h2-4,9,11H,1H3. The van der Waals surface area contributed by atoms with Crippen molar-refractivity contribution in [2.45, 2.75) is 4.21 Å². The number of sulfonamides is 1. The van der Waals surface area contributed by atoms with E-state index < -0.39 is 14.9 Å². The number of hydrogen-bond acceptors (Lipinski definition) is 8. The molecular weight excluding hydrogens is 296 g/mol. The minimum atomic E-state index is -3.90. The molecule has 0 bridgehead atoms. The summed E-state index contributed by atoms with van der Waals surface area (Å²) in [6.45, 7) is 0. The molecule has 2 aromatic heterocycles. The van der Waals surface area contributed by atoms with E-state index in [0.29, 0.717) is 0 Å². The lowest BCUT2D eigenvalue weighted by atomic mass is 10.5. The van der Waals surface area contributed by atoms with Crippen LogP contribution in [-0.2, 0) is 10.0 Å². The monoisotopic (exact) mass is 304 g/mol. The molecule has 0 fully saturated rings. The Balaban J connectivity index is 2.38. The molecule has 2 N–H and O–H groups in total. The number of rotatable bonds is 5. The molecular formula is C8H8N4O5S2. The Morgan fingerprint density at radius 2 is 2.26 bits per heavy atom. The van der Waals surface area contributed by atoms with Gasteiger partial charge in [0, 0.05) is 13.1 Å². The fourth-order valence-corrected chi connectivity index (χ4v) is 3.57. The van der Waals surface area contributed by atoms with Crippen LogP contribution in [0, 0.1) is 10.1 Å². The zero-order valence-corrected chi connectivity index (χ0v) is 11.1. The van der Waals surface area contributed by atoms with Gasteiger partial charge in [0.05, 0.1) is 11.1 Å². The Morgan fingerprint density at radius 1 is 1.53 bits per heavy atom. The lowest BCUT2D eigenvalue weighted by Gasteiger charge is -2.00. The molecule has 102 valence electrons. The highest BCUT2D eigenvalue weighted by molar-refractivity contribution is 7.94. The highest BCUT2D eigenvalue weighted by atomic mass is 32.2. The van der Waals surface area contributed by atoms with Crippen LogP contribution in [0.3, 0.4) is 0 Å². The van der Waals surface area contributed by atoms with Gasteiger partial charge in [0.1, 0.15) is 16.2 Å². The van der Waals surface area contributed by atoms with Crippen LogP contribution >= 0.6 is 11.3 Å². The van der Waals surface area contributed by atoms with Gasteiger partial charge in [0.15, 0.2) is 5.00 Å². The topological polar surface area (TPSA) is 127 Å². The summed E-state index contributed by atoms with van der Waals surface area (Å²) in [5.74, 6) is 0. The quantitative estimate of drug-likeness (QED) is 0.632. The van der Waals surface area contributed by atoms with Crippen molar-refractivity contribution < 1.29 is 17.9 Å². The SMILES string of the molecule is CNc1sc(S(=O)(=O)Nc2cnoc2)cc1[N+](=O)[O-]. The molecule has 0 aliphatic rings. The molecule has 9 nitrogen and oxygen atoms in total. The van der Waals surface area contributed by atoms with Crippen molar-refractivity contribution in [3.05, 3.63) is 28.6 Å². The normalized spacial score (nSPS) is 11.2. The van der Waals surface area contributed by atoms with Crippen LogP contribution in [0.2, 0.25) is 0 Å². The average molecular weight is 304 g/mol. The predicted octanol–water partition coefficient (Wildman–Crippen LogP) is 1.49. The molecule has 0 aliphatic heterocycles. The number of anilines is 2. The number of thiophene rings is 1. The molecule has 0 atom stereocenters. The first-order valence-corrected chi connectivity index (χ1v) is 7.12. The first-order chi connectivity index (χ1) is 8.94. The molecule has 2 rings (SSSR count). The first kappa shape index (κ1) is 13.3. The number of nitrogens with one attached hydrogen (secondary N) is 2. The second-order valence-electron chi connectivity index (χ2n) is 3.31. The first-order valence-electron chi connectivity index (χ1n) is 4.82. The fraction of sp³-hybridized carbons (Fsp3) is 0.125. The van der Waals surface area contributed by atoms with Gasteiger partial charge in [-0.15, -0.1) is 0 Å². The van der Waals surface area contributed by atoms with Crippen LogP contribution < -0.4 is 10.0 Å². The van der Waals surface area contributed by atoms with E-state index >= 15 is 0 Å². The summed E-state index contributed by atoms with van der Waals surface area (Å²) in [4.78, 5) is 10.1. The van der Waals surface area contributed by atoms with E-state index in [1.807, 2.05) is 0 Å².